The first-order chi connectivity index (χ1) is 14.2. The van der Waals surface area contributed by atoms with Crippen molar-refractivity contribution in [1.82, 2.24) is 4.90 Å². The van der Waals surface area contributed by atoms with Crippen LogP contribution in [0.4, 0.5) is 0 Å². The van der Waals surface area contributed by atoms with Gasteiger partial charge in [-0.1, -0.05) is 77.0 Å². The van der Waals surface area contributed by atoms with Crippen LogP contribution in [-0.4, -0.2) is 54.9 Å². The van der Waals surface area contributed by atoms with E-state index in [1.807, 2.05) is 0 Å². The van der Waals surface area contributed by atoms with Gasteiger partial charge >= 0.3 is 0 Å². The summed E-state index contributed by atoms with van der Waals surface area (Å²) < 4.78 is 5.66. The molecule has 0 radical (unpaired) electrons. The first kappa shape index (κ1) is 29.6. The number of hydrogen-bond donors (Lipinski definition) is 2. The Bertz CT molecular complexity index is 379. The number of hydrogen-bond acceptors (Lipinski definition) is 4. The van der Waals surface area contributed by atoms with Gasteiger partial charge in [0.2, 0.25) is 5.91 Å². The van der Waals surface area contributed by atoms with E-state index in [-0.39, 0.29) is 24.4 Å². The fraction of sp³-hybridized carbons (Fsp3) is 0.958. The molecule has 1 amide bonds. The molecule has 1 atom stereocenters. The summed E-state index contributed by atoms with van der Waals surface area (Å²) >= 11 is 0. The van der Waals surface area contributed by atoms with E-state index in [4.69, 9.17) is 10.5 Å². The molecule has 0 aliphatic carbocycles. The van der Waals surface area contributed by atoms with Crippen LogP contribution in [0.3, 0.4) is 0 Å². The van der Waals surface area contributed by atoms with Gasteiger partial charge in [0, 0.05) is 19.6 Å². The fourth-order valence-electron chi connectivity index (χ4n) is 4.16. The number of β-amino-alcohol motifs (C(OH)–C–C–N with tert-alkyl or cyclic N) is 1. The molecule has 0 spiro atoms. The highest BCUT2D eigenvalue weighted by Crippen LogP contribution is 2.13. The zero-order valence-corrected chi connectivity index (χ0v) is 20.1. The van der Waals surface area contributed by atoms with Crippen molar-refractivity contribution >= 4 is 18.3 Å². The lowest BCUT2D eigenvalue weighted by atomic mass is 10.0. The molecule has 1 fully saturated rings. The topological polar surface area (TPSA) is 75.8 Å². The monoisotopic (exact) mass is 448 g/mol. The average molecular weight is 449 g/mol. The highest BCUT2D eigenvalue weighted by Gasteiger charge is 2.14. The number of piperidine rings is 1. The minimum absolute atomic E-state index is 0. The summed E-state index contributed by atoms with van der Waals surface area (Å²) in [7, 11) is 0. The Kier molecular flexibility index (Phi) is 21.6. The molecule has 1 heterocycles. The molecule has 5 nitrogen and oxygen atoms in total. The highest BCUT2D eigenvalue weighted by atomic mass is 35.5. The number of likely N-dealkylation sites (tertiary alicyclic amines) is 1. The molecule has 3 N–H and O–H groups in total. The van der Waals surface area contributed by atoms with Crippen LogP contribution in [0.1, 0.15) is 109 Å². The second kappa shape index (κ2) is 21.9. The molecule has 1 aliphatic heterocycles. The van der Waals surface area contributed by atoms with Gasteiger partial charge in [0.25, 0.3) is 0 Å². The van der Waals surface area contributed by atoms with Gasteiger partial charge in [-0.3, -0.25) is 4.79 Å². The van der Waals surface area contributed by atoms with Crippen molar-refractivity contribution in [2.45, 2.75) is 115 Å². The molecule has 30 heavy (non-hydrogen) atoms. The average Bonchev–Trinajstić information content (AvgIpc) is 2.71. The van der Waals surface area contributed by atoms with Crippen LogP contribution in [-0.2, 0) is 9.53 Å². The normalized spacial score (nSPS) is 15.6. The quantitative estimate of drug-likeness (QED) is 0.250. The Morgan fingerprint density at radius 1 is 0.800 bits per heavy atom. The Hall–Kier alpha value is -0.360. The third-order valence-corrected chi connectivity index (χ3v) is 5.94. The van der Waals surface area contributed by atoms with Crippen molar-refractivity contribution in [3.05, 3.63) is 0 Å². The van der Waals surface area contributed by atoms with E-state index in [1.165, 1.54) is 83.5 Å². The Morgan fingerprint density at radius 3 is 1.77 bits per heavy atom. The molecule has 0 aromatic carbocycles. The van der Waals surface area contributed by atoms with Crippen LogP contribution in [0.2, 0.25) is 0 Å². The number of primary amides is 1. The molecular formula is C24H49ClN2O3. The fourth-order valence-corrected chi connectivity index (χ4v) is 4.16. The molecule has 6 heteroatoms. The number of ether oxygens (including phenoxy) is 1. The standard InChI is InChI=1S/C24H48N2O3.ClH/c25-24(28)17-13-10-8-6-4-2-1-3-5-7-9-11-16-20-29-22-23(27)21-26-18-14-12-15-19-26;/h23,27H,1-22H2,(H2,25,28);1H. The Labute approximate surface area is 191 Å². The number of rotatable bonds is 20. The second-order valence-corrected chi connectivity index (χ2v) is 8.90. The van der Waals surface area contributed by atoms with Crippen molar-refractivity contribution in [3.63, 3.8) is 0 Å². The summed E-state index contributed by atoms with van der Waals surface area (Å²) in [6.07, 6.45) is 20.5. The van der Waals surface area contributed by atoms with Gasteiger partial charge in [-0.2, -0.15) is 0 Å². The number of nitrogens with two attached hydrogens (primary N) is 1. The van der Waals surface area contributed by atoms with E-state index in [0.29, 0.717) is 13.0 Å². The molecule has 0 aromatic rings. The second-order valence-electron chi connectivity index (χ2n) is 8.90. The Morgan fingerprint density at radius 2 is 1.27 bits per heavy atom. The lowest BCUT2D eigenvalue weighted by molar-refractivity contribution is -0.118. The summed E-state index contributed by atoms with van der Waals surface area (Å²) in [6, 6.07) is 0. The van der Waals surface area contributed by atoms with Crippen LogP contribution < -0.4 is 5.73 Å². The molecule has 1 rings (SSSR count). The number of unbranched alkanes of at least 4 members (excludes halogenated alkanes) is 12. The lowest BCUT2D eigenvalue weighted by Crippen LogP contribution is -2.38. The summed E-state index contributed by atoms with van der Waals surface area (Å²) in [5.41, 5.74) is 5.14. The maximum absolute atomic E-state index is 10.6. The van der Waals surface area contributed by atoms with Crippen molar-refractivity contribution < 1.29 is 14.6 Å². The molecular weight excluding hydrogens is 400 g/mol. The minimum atomic E-state index is -0.330. The van der Waals surface area contributed by atoms with Crippen LogP contribution in [0.25, 0.3) is 0 Å². The van der Waals surface area contributed by atoms with Gasteiger partial charge in [0.05, 0.1) is 12.7 Å². The predicted octanol–water partition coefficient (Wildman–Crippen LogP) is 5.22. The number of halogens is 1. The minimum Gasteiger partial charge on any atom is -0.389 e. The number of amides is 1. The third kappa shape index (κ3) is 19.6. The third-order valence-electron chi connectivity index (χ3n) is 5.94. The van der Waals surface area contributed by atoms with E-state index in [2.05, 4.69) is 4.90 Å². The van der Waals surface area contributed by atoms with E-state index in [0.717, 1.165) is 45.5 Å². The first-order valence-electron chi connectivity index (χ1n) is 12.4. The summed E-state index contributed by atoms with van der Waals surface area (Å²) in [4.78, 5) is 13.0. The maximum atomic E-state index is 10.6. The molecule has 0 saturated carbocycles. The van der Waals surface area contributed by atoms with Crippen molar-refractivity contribution in [2.75, 3.05) is 32.8 Å². The number of carbonyl (C=O) groups is 1. The molecule has 0 bridgehead atoms. The van der Waals surface area contributed by atoms with Gasteiger partial charge in [0.1, 0.15) is 0 Å². The van der Waals surface area contributed by atoms with Crippen LogP contribution in [0, 0.1) is 0 Å². The van der Waals surface area contributed by atoms with Crippen molar-refractivity contribution in [1.29, 1.82) is 0 Å². The van der Waals surface area contributed by atoms with Gasteiger partial charge in [-0.05, 0) is 38.8 Å². The van der Waals surface area contributed by atoms with Crippen LogP contribution >= 0.6 is 12.4 Å². The van der Waals surface area contributed by atoms with Gasteiger partial charge < -0.3 is 20.5 Å². The van der Waals surface area contributed by atoms with E-state index in [9.17, 15) is 9.90 Å². The SMILES string of the molecule is Cl.NC(=O)CCCCCCCCCCCCCCCOCC(O)CN1CCCCC1. The number of aliphatic hydroxyl groups is 1. The zero-order chi connectivity index (χ0) is 21.0. The van der Waals surface area contributed by atoms with Crippen molar-refractivity contribution in [2.24, 2.45) is 5.73 Å². The van der Waals surface area contributed by atoms with E-state index in [1.54, 1.807) is 0 Å². The van der Waals surface area contributed by atoms with Gasteiger partial charge in [-0.25, -0.2) is 0 Å². The summed E-state index contributed by atoms with van der Waals surface area (Å²) in [5.74, 6) is -0.167. The van der Waals surface area contributed by atoms with Crippen LogP contribution in [0.15, 0.2) is 0 Å². The molecule has 0 aromatic heterocycles. The molecule has 1 saturated heterocycles. The van der Waals surface area contributed by atoms with E-state index >= 15 is 0 Å². The zero-order valence-electron chi connectivity index (χ0n) is 19.3. The molecule has 180 valence electrons. The van der Waals surface area contributed by atoms with Crippen molar-refractivity contribution in [3.8, 4) is 0 Å². The highest BCUT2D eigenvalue weighted by molar-refractivity contribution is 5.85. The van der Waals surface area contributed by atoms with Gasteiger partial charge in [0.15, 0.2) is 0 Å². The summed E-state index contributed by atoms with van der Waals surface area (Å²) in [6.45, 7) is 4.32. The maximum Gasteiger partial charge on any atom is 0.217 e. The lowest BCUT2D eigenvalue weighted by Gasteiger charge is -2.28. The largest absolute Gasteiger partial charge is 0.389 e. The number of nitrogens with zero attached hydrogens (tertiary/aromatic N) is 1. The van der Waals surface area contributed by atoms with E-state index < -0.39 is 0 Å². The molecule has 1 unspecified atom stereocenters. The predicted molar refractivity (Wildman–Crippen MR) is 128 cm³/mol. The molecule has 1 aliphatic rings. The van der Waals surface area contributed by atoms with Crippen LogP contribution in [0.5, 0.6) is 0 Å². The summed E-state index contributed by atoms with van der Waals surface area (Å²) in [5, 5.41) is 10.1. The first-order valence-corrected chi connectivity index (χ1v) is 12.4. The smallest absolute Gasteiger partial charge is 0.217 e. The Balaban J connectivity index is 0.00000841. The number of carbonyl (C=O) groups excluding carboxylic acids is 1. The number of aliphatic hydroxyl groups excluding tert-OH is 1. The van der Waals surface area contributed by atoms with Gasteiger partial charge in [-0.15, -0.1) is 12.4 Å².